The van der Waals surface area contributed by atoms with Gasteiger partial charge in [0.25, 0.3) is 0 Å². The van der Waals surface area contributed by atoms with Gasteiger partial charge >= 0.3 is 0 Å². The maximum Gasteiger partial charge on any atom is 0.242 e. The van der Waals surface area contributed by atoms with Gasteiger partial charge in [0.2, 0.25) is 15.9 Å². The average Bonchev–Trinajstić information content (AvgIpc) is 2.66. The molecule has 27 heavy (non-hydrogen) atoms. The van der Waals surface area contributed by atoms with Crippen molar-refractivity contribution in [2.45, 2.75) is 22.6 Å². The lowest BCUT2D eigenvalue weighted by molar-refractivity contribution is -0.116. The lowest BCUT2D eigenvalue weighted by Crippen LogP contribution is -2.36. The van der Waals surface area contributed by atoms with Crippen LogP contribution in [0.5, 0.6) is 5.75 Å². The van der Waals surface area contributed by atoms with Crippen molar-refractivity contribution >= 4 is 33.4 Å². The van der Waals surface area contributed by atoms with E-state index in [0.29, 0.717) is 6.54 Å². The summed E-state index contributed by atoms with van der Waals surface area (Å²) in [5, 5.41) is 9.33. The van der Waals surface area contributed by atoms with Crippen molar-refractivity contribution in [3.8, 4) is 5.75 Å². The van der Waals surface area contributed by atoms with Gasteiger partial charge in [-0.3, -0.25) is 4.79 Å². The number of rotatable bonds is 5. The van der Waals surface area contributed by atoms with E-state index in [4.69, 9.17) is 0 Å². The maximum atomic E-state index is 12.7. The second-order valence-corrected chi connectivity index (χ2v) is 9.71. The first-order valence-electron chi connectivity index (χ1n) is 8.56. The summed E-state index contributed by atoms with van der Waals surface area (Å²) in [5.41, 5.74) is 1.67. The number of amides is 1. The molecule has 0 aromatic heterocycles. The molecule has 1 N–H and O–H groups in total. The molecule has 0 atom stereocenters. The Bertz CT molecular complexity index is 941. The van der Waals surface area contributed by atoms with Crippen LogP contribution < -0.4 is 4.90 Å². The van der Waals surface area contributed by atoms with Gasteiger partial charge in [-0.05, 0) is 60.9 Å². The molecule has 0 saturated carbocycles. The van der Waals surface area contributed by atoms with Gasteiger partial charge in [-0.25, -0.2) is 12.7 Å². The Labute approximate surface area is 163 Å². The van der Waals surface area contributed by atoms with Crippen LogP contribution in [-0.4, -0.2) is 50.1 Å². The zero-order valence-electron chi connectivity index (χ0n) is 15.3. The summed E-state index contributed by atoms with van der Waals surface area (Å²) < 4.78 is 25.9. The van der Waals surface area contributed by atoms with Crippen molar-refractivity contribution in [2.75, 3.05) is 31.3 Å². The Kier molecular flexibility index (Phi) is 5.78. The van der Waals surface area contributed by atoms with Crippen molar-refractivity contribution in [1.82, 2.24) is 4.31 Å². The summed E-state index contributed by atoms with van der Waals surface area (Å²) in [5.74, 6) is 0.457. The molecule has 1 aliphatic heterocycles. The van der Waals surface area contributed by atoms with Gasteiger partial charge in [0, 0.05) is 31.2 Å². The summed E-state index contributed by atoms with van der Waals surface area (Å²) in [6.45, 7) is 0.627. The van der Waals surface area contributed by atoms with E-state index in [-0.39, 0.29) is 22.3 Å². The monoisotopic (exact) mass is 406 g/mol. The predicted molar refractivity (Wildman–Crippen MR) is 107 cm³/mol. The van der Waals surface area contributed by atoms with E-state index < -0.39 is 10.0 Å². The zero-order valence-corrected chi connectivity index (χ0v) is 16.9. The Morgan fingerprint density at radius 3 is 2.56 bits per heavy atom. The highest BCUT2D eigenvalue weighted by Gasteiger charge is 2.25. The van der Waals surface area contributed by atoms with E-state index in [1.165, 1.54) is 30.2 Å². The molecule has 0 aliphatic carbocycles. The first-order valence-corrected chi connectivity index (χ1v) is 11.0. The van der Waals surface area contributed by atoms with Crippen LogP contribution in [0, 0.1) is 0 Å². The molecular weight excluding hydrogens is 384 g/mol. The first kappa shape index (κ1) is 19.7. The van der Waals surface area contributed by atoms with Crippen molar-refractivity contribution in [1.29, 1.82) is 0 Å². The molecule has 0 spiro atoms. The van der Waals surface area contributed by atoms with Crippen molar-refractivity contribution in [3.63, 3.8) is 0 Å². The molecule has 1 aliphatic rings. The minimum absolute atomic E-state index is 0.0164. The van der Waals surface area contributed by atoms with Crippen LogP contribution in [0.3, 0.4) is 0 Å². The largest absolute Gasteiger partial charge is 0.508 e. The molecule has 6 nitrogen and oxygen atoms in total. The second-order valence-electron chi connectivity index (χ2n) is 6.51. The lowest BCUT2D eigenvalue weighted by Gasteiger charge is -2.30. The molecule has 0 fully saturated rings. The minimum atomic E-state index is -3.49. The molecule has 0 bridgehead atoms. The van der Waals surface area contributed by atoms with Crippen molar-refractivity contribution in [3.05, 3.63) is 48.0 Å². The fourth-order valence-corrected chi connectivity index (χ4v) is 4.70. The number of anilines is 1. The number of nitrogens with zero attached hydrogens (tertiary/aromatic N) is 2. The predicted octanol–water partition coefficient (Wildman–Crippen LogP) is 2.71. The van der Waals surface area contributed by atoms with Gasteiger partial charge in [0.1, 0.15) is 5.75 Å². The number of hydrogen-bond donors (Lipinski definition) is 1. The van der Waals surface area contributed by atoms with E-state index in [1.54, 1.807) is 47.4 Å². The molecule has 0 saturated heterocycles. The van der Waals surface area contributed by atoms with Crippen LogP contribution in [0.25, 0.3) is 0 Å². The maximum absolute atomic E-state index is 12.7. The van der Waals surface area contributed by atoms with Gasteiger partial charge in [0.05, 0.1) is 10.6 Å². The molecule has 0 unspecified atom stereocenters. The third-order valence-electron chi connectivity index (χ3n) is 4.45. The van der Waals surface area contributed by atoms with Crippen molar-refractivity contribution in [2.24, 2.45) is 0 Å². The van der Waals surface area contributed by atoms with Gasteiger partial charge in [-0.15, -0.1) is 11.8 Å². The van der Waals surface area contributed by atoms with Gasteiger partial charge < -0.3 is 10.0 Å². The SMILES string of the molecule is CN(C)S(=O)(=O)c1ccc2c(c1)CCCN2C(=O)CSc1ccc(O)cc1. The first-order chi connectivity index (χ1) is 12.8. The van der Waals surface area contributed by atoms with Crippen LogP contribution in [0.15, 0.2) is 52.3 Å². The number of hydrogen-bond acceptors (Lipinski definition) is 5. The molecule has 1 amide bonds. The fraction of sp³-hybridized carbons (Fsp3) is 0.316. The Morgan fingerprint density at radius 2 is 1.89 bits per heavy atom. The molecule has 3 rings (SSSR count). The number of aryl methyl sites for hydroxylation is 1. The molecule has 1 heterocycles. The van der Waals surface area contributed by atoms with E-state index in [1.807, 2.05) is 0 Å². The molecule has 144 valence electrons. The third kappa shape index (κ3) is 4.28. The molecule has 8 heteroatoms. The zero-order chi connectivity index (χ0) is 19.6. The number of carbonyl (C=O) groups is 1. The van der Waals surface area contributed by atoms with Crippen LogP contribution >= 0.6 is 11.8 Å². The Balaban J connectivity index is 1.77. The van der Waals surface area contributed by atoms with Crippen LogP contribution in [0.1, 0.15) is 12.0 Å². The average molecular weight is 407 g/mol. The normalized spacial score (nSPS) is 14.3. The Hall–Kier alpha value is -2.03. The van der Waals surface area contributed by atoms with E-state index in [0.717, 1.165) is 29.0 Å². The summed E-state index contributed by atoms with van der Waals surface area (Å²) in [6, 6.07) is 11.7. The highest BCUT2D eigenvalue weighted by Crippen LogP contribution is 2.31. The van der Waals surface area contributed by atoms with Gasteiger partial charge in [-0.2, -0.15) is 0 Å². The topological polar surface area (TPSA) is 77.9 Å². The number of fused-ring (bicyclic) bond motifs is 1. The number of benzene rings is 2. The smallest absolute Gasteiger partial charge is 0.242 e. The minimum Gasteiger partial charge on any atom is -0.508 e. The fourth-order valence-electron chi connectivity index (χ4n) is 2.97. The second kappa shape index (κ2) is 7.92. The van der Waals surface area contributed by atoms with Crippen LogP contribution in [0.2, 0.25) is 0 Å². The number of aromatic hydroxyl groups is 1. The summed E-state index contributed by atoms with van der Waals surface area (Å²) in [4.78, 5) is 15.6. The quantitative estimate of drug-likeness (QED) is 0.773. The highest BCUT2D eigenvalue weighted by atomic mass is 32.2. The molecule has 0 radical (unpaired) electrons. The highest BCUT2D eigenvalue weighted by molar-refractivity contribution is 8.00. The standard InChI is InChI=1S/C19H22N2O4S2/c1-20(2)27(24,25)17-9-10-18-14(12-17)4-3-11-21(18)19(23)13-26-16-7-5-15(22)6-8-16/h5-10,12,22H,3-4,11,13H2,1-2H3. The summed E-state index contributed by atoms with van der Waals surface area (Å²) in [7, 11) is -0.482. The van der Waals surface area contributed by atoms with E-state index in [2.05, 4.69) is 0 Å². The van der Waals surface area contributed by atoms with Gasteiger partial charge in [-0.1, -0.05) is 0 Å². The third-order valence-corrected chi connectivity index (χ3v) is 7.26. The molecular formula is C19H22N2O4S2. The summed E-state index contributed by atoms with van der Waals surface area (Å²) in [6.07, 6.45) is 1.55. The number of carbonyl (C=O) groups excluding carboxylic acids is 1. The van der Waals surface area contributed by atoms with Crippen molar-refractivity contribution < 1.29 is 18.3 Å². The van der Waals surface area contributed by atoms with Crippen LogP contribution in [0.4, 0.5) is 5.69 Å². The molecule has 2 aromatic rings. The van der Waals surface area contributed by atoms with Crippen LogP contribution in [-0.2, 0) is 21.2 Å². The van der Waals surface area contributed by atoms with E-state index >= 15 is 0 Å². The molecule has 2 aromatic carbocycles. The number of phenolic OH excluding ortho intramolecular Hbond substituents is 1. The van der Waals surface area contributed by atoms with E-state index in [9.17, 15) is 18.3 Å². The lowest BCUT2D eigenvalue weighted by atomic mass is 10.0. The summed E-state index contributed by atoms with van der Waals surface area (Å²) >= 11 is 1.41. The number of thioether (sulfide) groups is 1. The Morgan fingerprint density at radius 1 is 1.19 bits per heavy atom. The van der Waals surface area contributed by atoms with Gasteiger partial charge in [0.15, 0.2) is 0 Å². The number of phenols is 1. The number of sulfonamides is 1.